The first-order valence-corrected chi connectivity index (χ1v) is 7.04. The molecule has 1 aromatic carbocycles. The zero-order valence-corrected chi connectivity index (χ0v) is 12.1. The fourth-order valence-corrected chi connectivity index (χ4v) is 2.18. The van der Waals surface area contributed by atoms with E-state index in [9.17, 15) is 0 Å². The SMILES string of the molecule is CC(C)C(CS)COc1ncn(-c2ccccc2)n1. The van der Waals surface area contributed by atoms with Crippen LogP contribution in [0.1, 0.15) is 13.8 Å². The average Bonchev–Trinajstić information content (AvgIpc) is 2.89. The molecule has 0 aliphatic rings. The predicted molar refractivity (Wildman–Crippen MR) is 79.0 cm³/mol. The molecule has 1 unspecified atom stereocenters. The van der Waals surface area contributed by atoms with Gasteiger partial charge in [-0.05, 0) is 23.8 Å². The van der Waals surface area contributed by atoms with Crippen LogP contribution in [-0.4, -0.2) is 27.1 Å². The molecular weight excluding hydrogens is 258 g/mol. The van der Waals surface area contributed by atoms with Crippen LogP contribution in [-0.2, 0) is 0 Å². The van der Waals surface area contributed by atoms with E-state index in [1.807, 2.05) is 30.3 Å². The van der Waals surface area contributed by atoms with Gasteiger partial charge < -0.3 is 4.74 Å². The zero-order valence-electron chi connectivity index (χ0n) is 11.2. The standard InChI is InChI=1S/C14H19N3OS/c1-11(2)12(9-19)8-18-14-15-10-17(16-14)13-6-4-3-5-7-13/h3-7,10-12,19H,8-9H2,1-2H3. The van der Waals surface area contributed by atoms with Crippen molar-refractivity contribution >= 4 is 12.6 Å². The van der Waals surface area contributed by atoms with Gasteiger partial charge in [0.1, 0.15) is 6.33 Å². The lowest BCUT2D eigenvalue weighted by atomic mass is 9.99. The average molecular weight is 277 g/mol. The molecule has 2 rings (SSSR count). The first kappa shape index (κ1) is 13.9. The maximum Gasteiger partial charge on any atom is 0.335 e. The van der Waals surface area contributed by atoms with Crippen LogP contribution in [0.15, 0.2) is 36.7 Å². The number of hydrogen-bond donors (Lipinski definition) is 1. The third-order valence-electron chi connectivity index (χ3n) is 3.10. The van der Waals surface area contributed by atoms with Crippen LogP contribution in [0.4, 0.5) is 0 Å². The minimum absolute atomic E-state index is 0.409. The molecule has 19 heavy (non-hydrogen) atoms. The minimum Gasteiger partial charge on any atom is -0.462 e. The second-order valence-electron chi connectivity index (χ2n) is 4.80. The lowest BCUT2D eigenvalue weighted by Gasteiger charge is -2.17. The van der Waals surface area contributed by atoms with Crippen molar-refractivity contribution in [1.29, 1.82) is 0 Å². The summed E-state index contributed by atoms with van der Waals surface area (Å²) in [6, 6.07) is 10.3. The maximum absolute atomic E-state index is 5.63. The Morgan fingerprint density at radius 2 is 2.00 bits per heavy atom. The van der Waals surface area contributed by atoms with E-state index in [-0.39, 0.29) is 0 Å². The van der Waals surface area contributed by atoms with Crippen molar-refractivity contribution in [3.63, 3.8) is 0 Å². The number of rotatable bonds is 6. The molecule has 0 radical (unpaired) electrons. The molecule has 0 aliphatic heterocycles. The van der Waals surface area contributed by atoms with Gasteiger partial charge in [-0.3, -0.25) is 0 Å². The molecule has 5 heteroatoms. The second-order valence-corrected chi connectivity index (χ2v) is 5.17. The molecule has 2 aromatic rings. The number of ether oxygens (including phenoxy) is 1. The number of para-hydroxylation sites is 1. The van der Waals surface area contributed by atoms with E-state index in [0.717, 1.165) is 11.4 Å². The predicted octanol–water partition coefficient (Wildman–Crippen LogP) is 2.85. The van der Waals surface area contributed by atoms with Crippen LogP contribution < -0.4 is 4.74 Å². The molecule has 4 nitrogen and oxygen atoms in total. The van der Waals surface area contributed by atoms with Crippen LogP contribution in [0.5, 0.6) is 6.01 Å². The highest BCUT2D eigenvalue weighted by molar-refractivity contribution is 7.80. The fraction of sp³-hybridized carbons (Fsp3) is 0.429. The van der Waals surface area contributed by atoms with Crippen molar-refractivity contribution in [2.75, 3.05) is 12.4 Å². The molecule has 0 spiro atoms. The number of benzene rings is 1. The molecule has 1 atom stereocenters. The van der Waals surface area contributed by atoms with E-state index in [0.29, 0.717) is 24.5 Å². The van der Waals surface area contributed by atoms with Gasteiger partial charge in [-0.25, -0.2) is 4.68 Å². The van der Waals surface area contributed by atoms with E-state index < -0.39 is 0 Å². The Bertz CT molecular complexity index is 498. The summed E-state index contributed by atoms with van der Waals surface area (Å²) in [5.41, 5.74) is 0.972. The monoisotopic (exact) mass is 277 g/mol. The van der Waals surface area contributed by atoms with Gasteiger partial charge in [-0.15, -0.1) is 5.10 Å². The van der Waals surface area contributed by atoms with Crippen LogP contribution in [0.3, 0.4) is 0 Å². The van der Waals surface area contributed by atoms with Crippen molar-refractivity contribution < 1.29 is 4.74 Å². The number of nitrogens with zero attached hydrogens (tertiary/aromatic N) is 3. The Labute approximate surface area is 119 Å². The van der Waals surface area contributed by atoms with Gasteiger partial charge in [-0.1, -0.05) is 32.0 Å². The lowest BCUT2D eigenvalue weighted by Crippen LogP contribution is -2.19. The first-order valence-electron chi connectivity index (χ1n) is 6.41. The summed E-state index contributed by atoms with van der Waals surface area (Å²) >= 11 is 4.34. The van der Waals surface area contributed by atoms with Crippen molar-refractivity contribution in [1.82, 2.24) is 14.8 Å². The first-order chi connectivity index (χ1) is 9.20. The van der Waals surface area contributed by atoms with Gasteiger partial charge in [0.05, 0.1) is 12.3 Å². The Morgan fingerprint density at radius 3 is 2.63 bits per heavy atom. The Hall–Kier alpha value is -1.49. The topological polar surface area (TPSA) is 39.9 Å². The van der Waals surface area contributed by atoms with Gasteiger partial charge in [0.15, 0.2) is 0 Å². The number of aromatic nitrogens is 3. The summed E-state index contributed by atoms with van der Waals surface area (Å²) in [7, 11) is 0. The molecule has 0 N–H and O–H groups in total. The molecule has 0 saturated heterocycles. The van der Waals surface area contributed by atoms with Gasteiger partial charge in [0.25, 0.3) is 0 Å². The van der Waals surface area contributed by atoms with Gasteiger partial charge in [-0.2, -0.15) is 17.6 Å². The van der Waals surface area contributed by atoms with E-state index >= 15 is 0 Å². The molecule has 102 valence electrons. The molecule has 1 heterocycles. The summed E-state index contributed by atoms with van der Waals surface area (Å²) < 4.78 is 7.34. The van der Waals surface area contributed by atoms with Crippen molar-refractivity contribution in [2.24, 2.45) is 11.8 Å². The quantitative estimate of drug-likeness (QED) is 0.825. The summed E-state index contributed by atoms with van der Waals surface area (Å²) in [6.45, 7) is 4.93. The summed E-state index contributed by atoms with van der Waals surface area (Å²) in [5.74, 6) is 1.75. The smallest absolute Gasteiger partial charge is 0.335 e. The second kappa shape index (κ2) is 6.61. The summed E-state index contributed by atoms with van der Waals surface area (Å²) in [4.78, 5) is 4.16. The molecule has 0 fully saturated rings. The lowest BCUT2D eigenvalue weighted by molar-refractivity contribution is 0.212. The number of thiol groups is 1. The summed E-state index contributed by atoms with van der Waals surface area (Å²) in [5, 5.41) is 4.30. The van der Waals surface area contributed by atoms with Gasteiger partial charge in [0.2, 0.25) is 0 Å². The van der Waals surface area contributed by atoms with E-state index in [4.69, 9.17) is 4.74 Å². The van der Waals surface area contributed by atoms with E-state index in [1.54, 1.807) is 11.0 Å². The molecule has 0 bridgehead atoms. The maximum atomic E-state index is 5.63. The Balaban J connectivity index is 1.98. The van der Waals surface area contributed by atoms with Crippen LogP contribution in [0.2, 0.25) is 0 Å². The Kier molecular flexibility index (Phi) is 4.85. The molecule has 0 aliphatic carbocycles. The zero-order chi connectivity index (χ0) is 13.7. The van der Waals surface area contributed by atoms with Gasteiger partial charge >= 0.3 is 6.01 Å². The highest BCUT2D eigenvalue weighted by atomic mass is 32.1. The molecule has 0 amide bonds. The highest BCUT2D eigenvalue weighted by Crippen LogP contribution is 2.14. The third kappa shape index (κ3) is 3.73. The summed E-state index contributed by atoms with van der Waals surface area (Å²) in [6.07, 6.45) is 1.66. The van der Waals surface area contributed by atoms with Crippen molar-refractivity contribution in [3.05, 3.63) is 36.7 Å². The van der Waals surface area contributed by atoms with Crippen molar-refractivity contribution in [3.8, 4) is 11.7 Å². The largest absolute Gasteiger partial charge is 0.462 e. The van der Waals surface area contributed by atoms with E-state index in [2.05, 4.69) is 36.6 Å². The molecular formula is C14H19N3OS. The van der Waals surface area contributed by atoms with Crippen molar-refractivity contribution in [2.45, 2.75) is 13.8 Å². The number of hydrogen-bond acceptors (Lipinski definition) is 4. The fourth-order valence-electron chi connectivity index (χ4n) is 1.66. The van der Waals surface area contributed by atoms with Gasteiger partial charge in [0, 0.05) is 5.92 Å². The van der Waals surface area contributed by atoms with Crippen LogP contribution >= 0.6 is 12.6 Å². The normalized spacial score (nSPS) is 12.6. The van der Waals surface area contributed by atoms with E-state index in [1.165, 1.54) is 0 Å². The van der Waals surface area contributed by atoms with Crippen LogP contribution in [0.25, 0.3) is 5.69 Å². The molecule has 1 aromatic heterocycles. The highest BCUT2D eigenvalue weighted by Gasteiger charge is 2.13. The molecule has 0 saturated carbocycles. The minimum atomic E-state index is 0.409. The van der Waals surface area contributed by atoms with Crippen LogP contribution in [0, 0.1) is 11.8 Å². The Morgan fingerprint density at radius 1 is 1.26 bits per heavy atom. The third-order valence-corrected chi connectivity index (χ3v) is 3.56.